The van der Waals surface area contributed by atoms with Crippen LogP contribution in [-0.4, -0.2) is 34.5 Å². The van der Waals surface area contributed by atoms with Gasteiger partial charge >= 0.3 is 5.97 Å². The quantitative estimate of drug-likeness (QED) is 0.734. The SMILES string of the molecule is CC(OC(=O)c1ccccc1)[C@H]1CC[C@H](CN2Cc3ccc(O)c(F)c3C2=O)CC1. The molecule has 1 atom stereocenters. The summed E-state index contributed by atoms with van der Waals surface area (Å²) in [6.07, 6.45) is 3.57. The number of halogens is 1. The molecular formula is C24H26FNO4. The summed E-state index contributed by atoms with van der Waals surface area (Å²) in [7, 11) is 0. The molecule has 0 bridgehead atoms. The minimum atomic E-state index is -0.822. The van der Waals surface area contributed by atoms with Gasteiger partial charge < -0.3 is 14.7 Å². The standard InChI is InChI=1S/C24H26FNO4/c1-15(30-24(29)18-5-3-2-4-6-18)17-9-7-16(8-10-17)13-26-14-19-11-12-20(27)22(25)21(19)23(26)28/h2-6,11-12,15-17,27H,7-10,13-14H2,1H3/t15?,16-,17-. The molecule has 0 saturated heterocycles. The zero-order chi connectivity index (χ0) is 21.3. The third kappa shape index (κ3) is 4.04. The number of fused-ring (bicyclic) bond motifs is 1. The van der Waals surface area contributed by atoms with E-state index in [1.807, 2.05) is 25.1 Å². The van der Waals surface area contributed by atoms with Crippen molar-refractivity contribution in [2.75, 3.05) is 6.54 Å². The molecule has 2 aliphatic rings. The minimum absolute atomic E-state index is 0.00475. The first-order chi connectivity index (χ1) is 14.4. The van der Waals surface area contributed by atoms with Crippen molar-refractivity contribution in [2.24, 2.45) is 11.8 Å². The molecule has 1 saturated carbocycles. The maximum Gasteiger partial charge on any atom is 0.338 e. The summed E-state index contributed by atoms with van der Waals surface area (Å²) in [6.45, 7) is 2.91. The molecular weight excluding hydrogens is 385 g/mol. The van der Waals surface area contributed by atoms with E-state index >= 15 is 0 Å². The minimum Gasteiger partial charge on any atom is -0.505 e. The fraction of sp³-hybridized carbons (Fsp3) is 0.417. The van der Waals surface area contributed by atoms with Gasteiger partial charge in [-0.05, 0) is 68.2 Å². The van der Waals surface area contributed by atoms with Gasteiger partial charge in [-0.2, -0.15) is 0 Å². The van der Waals surface area contributed by atoms with Gasteiger partial charge in [0.25, 0.3) is 5.91 Å². The highest BCUT2D eigenvalue weighted by molar-refractivity contribution is 5.99. The molecule has 1 fully saturated rings. The number of amides is 1. The van der Waals surface area contributed by atoms with E-state index in [2.05, 4.69) is 0 Å². The van der Waals surface area contributed by atoms with E-state index in [0.29, 0.717) is 36.1 Å². The number of phenols is 1. The first-order valence-corrected chi connectivity index (χ1v) is 10.5. The van der Waals surface area contributed by atoms with E-state index in [0.717, 1.165) is 25.7 Å². The zero-order valence-electron chi connectivity index (χ0n) is 17.0. The zero-order valence-corrected chi connectivity index (χ0v) is 17.0. The molecule has 1 amide bonds. The smallest absolute Gasteiger partial charge is 0.338 e. The van der Waals surface area contributed by atoms with Crippen LogP contribution in [0.15, 0.2) is 42.5 Å². The highest BCUT2D eigenvalue weighted by Gasteiger charge is 2.35. The Morgan fingerprint density at radius 2 is 1.87 bits per heavy atom. The lowest BCUT2D eigenvalue weighted by atomic mass is 9.79. The number of benzene rings is 2. The van der Waals surface area contributed by atoms with Gasteiger partial charge in [0, 0.05) is 13.1 Å². The van der Waals surface area contributed by atoms with Crippen LogP contribution < -0.4 is 0 Å². The largest absolute Gasteiger partial charge is 0.505 e. The Bertz CT molecular complexity index is 938. The van der Waals surface area contributed by atoms with E-state index in [4.69, 9.17) is 4.74 Å². The molecule has 1 unspecified atom stereocenters. The maximum absolute atomic E-state index is 14.1. The molecule has 5 nitrogen and oxygen atoms in total. The van der Waals surface area contributed by atoms with Crippen LogP contribution in [-0.2, 0) is 11.3 Å². The number of phenolic OH excluding ortho intramolecular Hbond substituents is 1. The summed E-state index contributed by atoms with van der Waals surface area (Å²) in [5.41, 5.74) is 1.19. The Balaban J connectivity index is 1.28. The second kappa shape index (κ2) is 8.46. The van der Waals surface area contributed by atoms with Crippen LogP contribution in [0, 0.1) is 17.7 Å². The number of aromatic hydroxyl groups is 1. The number of ether oxygens (including phenoxy) is 1. The van der Waals surface area contributed by atoms with Gasteiger partial charge in [-0.25, -0.2) is 9.18 Å². The van der Waals surface area contributed by atoms with Crippen LogP contribution in [0.25, 0.3) is 0 Å². The molecule has 1 heterocycles. The van der Waals surface area contributed by atoms with Gasteiger partial charge in [0.1, 0.15) is 6.10 Å². The van der Waals surface area contributed by atoms with Crippen molar-refractivity contribution in [1.82, 2.24) is 4.90 Å². The van der Waals surface area contributed by atoms with Crippen LogP contribution in [0.3, 0.4) is 0 Å². The van der Waals surface area contributed by atoms with Gasteiger partial charge in [0.15, 0.2) is 11.6 Å². The second-order valence-corrected chi connectivity index (χ2v) is 8.38. The van der Waals surface area contributed by atoms with Crippen molar-refractivity contribution in [3.8, 4) is 5.75 Å². The number of esters is 1. The van der Waals surface area contributed by atoms with Crippen LogP contribution >= 0.6 is 0 Å². The third-order valence-electron chi connectivity index (χ3n) is 6.41. The van der Waals surface area contributed by atoms with Crippen LogP contribution in [0.4, 0.5) is 4.39 Å². The summed E-state index contributed by atoms with van der Waals surface area (Å²) < 4.78 is 19.8. The topological polar surface area (TPSA) is 66.8 Å². The van der Waals surface area contributed by atoms with E-state index in [1.165, 1.54) is 6.07 Å². The van der Waals surface area contributed by atoms with Gasteiger partial charge in [-0.1, -0.05) is 24.3 Å². The average molecular weight is 411 g/mol. The summed E-state index contributed by atoms with van der Waals surface area (Å²) in [6, 6.07) is 11.9. The maximum atomic E-state index is 14.1. The van der Waals surface area contributed by atoms with E-state index in [1.54, 1.807) is 23.1 Å². The highest BCUT2D eigenvalue weighted by atomic mass is 19.1. The predicted molar refractivity (Wildman–Crippen MR) is 110 cm³/mol. The molecule has 158 valence electrons. The number of nitrogens with zero attached hydrogens (tertiary/aromatic N) is 1. The second-order valence-electron chi connectivity index (χ2n) is 8.38. The number of carbonyl (C=O) groups excluding carboxylic acids is 2. The number of carbonyl (C=O) groups is 2. The number of rotatable bonds is 5. The van der Waals surface area contributed by atoms with E-state index < -0.39 is 11.6 Å². The monoisotopic (exact) mass is 411 g/mol. The van der Waals surface area contributed by atoms with Gasteiger partial charge in [0.05, 0.1) is 11.1 Å². The van der Waals surface area contributed by atoms with Crippen molar-refractivity contribution < 1.29 is 23.8 Å². The fourth-order valence-electron chi connectivity index (χ4n) is 4.61. The average Bonchev–Trinajstić information content (AvgIpc) is 3.07. The third-order valence-corrected chi connectivity index (χ3v) is 6.41. The molecule has 0 spiro atoms. The Kier molecular flexibility index (Phi) is 5.75. The highest BCUT2D eigenvalue weighted by Crippen LogP contribution is 2.35. The molecule has 2 aromatic carbocycles. The van der Waals surface area contributed by atoms with Crippen LogP contribution in [0.2, 0.25) is 0 Å². The molecule has 6 heteroatoms. The summed E-state index contributed by atoms with van der Waals surface area (Å²) >= 11 is 0. The lowest BCUT2D eigenvalue weighted by Gasteiger charge is -2.33. The Labute approximate surface area is 175 Å². The number of hydrogen-bond acceptors (Lipinski definition) is 4. The molecule has 1 aliphatic carbocycles. The molecule has 0 radical (unpaired) electrons. The normalized spacial score (nSPS) is 21.9. The van der Waals surface area contributed by atoms with E-state index in [9.17, 15) is 19.1 Å². The Morgan fingerprint density at radius 3 is 2.57 bits per heavy atom. The molecule has 1 N–H and O–H groups in total. The van der Waals surface area contributed by atoms with Crippen LogP contribution in [0.5, 0.6) is 5.75 Å². The fourth-order valence-corrected chi connectivity index (χ4v) is 4.61. The summed E-state index contributed by atoms with van der Waals surface area (Å²) in [5, 5.41) is 9.54. The lowest BCUT2D eigenvalue weighted by molar-refractivity contribution is 0.0102. The van der Waals surface area contributed by atoms with Crippen molar-refractivity contribution in [3.63, 3.8) is 0 Å². The molecule has 2 aromatic rings. The molecule has 1 aliphatic heterocycles. The Morgan fingerprint density at radius 1 is 1.17 bits per heavy atom. The Hall–Kier alpha value is -2.89. The number of hydrogen-bond donors (Lipinski definition) is 1. The molecule has 0 aromatic heterocycles. The van der Waals surface area contributed by atoms with Gasteiger partial charge in [-0.3, -0.25) is 4.79 Å². The first kappa shape index (κ1) is 20.4. The predicted octanol–water partition coefficient (Wildman–Crippen LogP) is 4.54. The van der Waals surface area contributed by atoms with Crippen LogP contribution in [0.1, 0.15) is 58.9 Å². The van der Waals surface area contributed by atoms with Crippen molar-refractivity contribution >= 4 is 11.9 Å². The van der Waals surface area contributed by atoms with Gasteiger partial charge in [-0.15, -0.1) is 0 Å². The van der Waals surface area contributed by atoms with Gasteiger partial charge in [0.2, 0.25) is 0 Å². The van der Waals surface area contributed by atoms with Crippen molar-refractivity contribution in [2.45, 2.75) is 45.3 Å². The first-order valence-electron chi connectivity index (χ1n) is 10.5. The summed E-state index contributed by atoms with van der Waals surface area (Å²) in [4.78, 5) is 26.5. The van der Waals surface area contributed by atoms with Crippen molar-refractivity contribution in [1.29, 1.82) is 0 Å². The molecule has 4 rings (SSSR count). The lowest BCUT2D eigenvalue weighted by Crippen LogP contribution is -2.34. The summed E-state index contributed by atoms with van der Waals surface area (Å²) in [5.74, 6) is -1.30. The molecule has 30 heavy (non-hydrogen) atoms. The van der Waals surface area contributed by atoms with Crippen molar-refractivity contribution in [3.05, 3.63) is 65.0 Å². The van der Waals surface area contributed by atoms with E-state index in [-0.39, 0.29) is 23.5 Å².